The van der Waals surface area contributed by atoms with Crippen LogP contribution >= 0.6 is 11.6 Å². The molecule has 2 heterocycles. The third-order valence-corrected chi connectivity index (χ3v) is 4.05. The lowest BCUT2D eigenvalue weighted by atomic mass is 10.3. The van der Waals surface area contributed by atoms with Gasteiger partial charge in [0.2, 0.25) is 5.95 Å². The minimum Gasteiger partial charge on any atom is -0.369 e. The number of halogens is 1. The average Bonchev–Trinajstić information content (AvgIpc) is 3.15. The van der Waals surface area contributed by atoms with E-state index < -0.39 is 0 Å². The molecule has 6 heteroatoms. The average molecular weight is 280 g/mol. The largest absolute Gasteiger partial charge is 0.369 e. The predicted octanol–water partition coefficient (Wildman–Crippen LogP) is 2.15. The maximum atomic E-state index is 5.99. The lowest BCUT2D eigenvalue weighted by Gasteiger charge is -2.25. The van der Waals surface area contributed by atoms with E-state index in [1.807, 2.05) is 4.57 Å². The number of pyridine rings is 1. The van der Waals surface area contributed by atoms with Gasteiger partial charge in [-0.1, -0.05) is 11.6 Å². The highest BCUT2D eigenvalue weighted by Crippen LogP contribution is 2.28. The standard InChI is InChI=1S/C13H18ClN5/c1-8(18(2)10-3-4-10)7-19-12-11(17-13(19)15)5-9(14)6-16-12/h5-6,8,10H,3-4,7H2,1-2H3,(H2,15,17). The lowest BCUT2D eigenvalue weighted by molar-refractivity contribution is 0.227. The van der Waals surface area contributed by atoms with Crippen molar-refractivity contribution >= 4 is 28.7 Å². The van der Waals surface area contributed by atoms with Crippen LogP contribution in [-0.4, -0.2) is 38.6 Å². The highest BCUT2D eigenvalue weighted by Gasteiger charge is 2.29. The smallest absolute Gasteiger partial charge is 0.202 e. The van der Waals surface area contributed by atoms with E-state index in [9.17, 15) is 0 Å². The summed E-state index contributed by atoms with van der Waals surface area (Å²) in [6.07, 6.45) is 4.24. The summed E-state index contributed by atoms with van der Waals surface area (Å²) in [6, 6.07) is 2.93. The molecular formula is C13H18ClN5. The number of fused-ring (bicyclic) bond motifs is 1. The molecule has 1 atom stereocenters. The molecule has 0 saturated heterocycles. The van der Waals surface area contributed by atoms with Crippen molar-refractivity contribution < 1.29 is 0 Å². The number of nitrogen functional groups attached to an aromatic ring is 1. The number of anilines is 1. The number of likely N-dealkylation sites (N-methyl/N-ethyl adjacent to an activating group) is 1. The third kappa shape index (κ3) is 2.40. The second-order valence-electron chi connectivity index (χ2n) is 5.32. The molecule has 2 N–H and O–H groups in total. The van der Waals surface area contributed by atoms with E-state index >= 15 is 0 Å². The fourth-order valence-electron chi connectivity index (χ4n) is 2.42. The molecule has 1 saturated carbocycles. The number of hydrogen-bond acceptors (Lipinski definition) is 4. The highest BCUT2D eigenvalue weighted by molar-refractivity contribution is 6.31. The first-order valence-electron chi connectivity index (χ1n) is 6.55. The Morgan fingerprint density at radius 3 is 3.00 bits per heavy atom. The van der Waals surface area contributed by atoms with Gasteiger partial charge >= 0.3 is 0 Å². The van der Waals surface area contributed by atoms with Gasteiger partial charge in [-0.25, -0.2) is 9.97 Å². The normalized spacial score (nSPS) is 17.3. The van der Waals surface area contributed by atoms with Crippen LogP contribution < -0.4 is 5.73 Å². The summed E-state index contributed by atoms with van der Waals surface area (Å²) >= 11 is 5.93. The molecule has 1 unspecified atom stereocenters. The molecule has 1 fully saturated rings. The maximum absolute atomic E-state index is 5.99. The molecule has 19 heavy (non-hydrogen) atoms. The Morgan fingerprint density at radius 2 is 2.32 bits per heavy atom. The summed E-state index contributed by atoms with van der Waals surface area (Å²) in [5.41, 5.74) is 7.55. The van der Waals surface area contributed by atoms with Crippen molar-refractivity contribution in [3.63, 3.8) is 0 Å². The molecule has 102 valence electrons. The van der Waals surface area contributed by atoms with Crippen LogP contribution in [0.1, 0.15) is 19.8 Å². The first kappa shape index (κ1) is 12.7. The zero-order valence-electron chi connectivity index (χ0n) is 11.2. The summed E-state index contributed by atoms with van der Waals surface area (Å²) in [7, 11) is 2.17. The number of imidazole rings is 1. The van der Waals surface area contributed by atoms with Crippen molar-refractivity contribution in [2.75, 3.05) is 12.8 Å². The molecule has 0 radical (unpaired) electrons. The fraction of sp³-hybridized carbons (Fsp3) is 0.538. The molecule has 1 aliphatic rings. The van der Waals surface area contributed by atoms with Gasteiger partial charge in [0, 0.05) is 24.8 Å². The minimum atomic E-state index is 0.407. The van der Waals surface area contributed by atoms with Gasteiger partial charge in [0.1, 0.15) is 5.52 Å². The third-order valence-electron chi connectivity index (χ3n) is 3.85. The van der Waals surface area contributed by atoms with Gasteiger partial charge < -0.3 is 5.73 Å². The van der Waals surface area contributed by atoms with Gasteiger partial charge in [-0.3, -0.25) is 9.47 Å². The van der Waals surface area contributed by atoms with Crippen molar-refractivity contribution in [1.82, 2.24) is 19.4 Å². The monoisotopic (exact) mass is 279 g/mol. The van der Waals surface area contributed by atoms with Gasteiger partial charge in [0.25, 0.3) is 0 Å². The molecule has 0 bridgehead atoms. The Morgan fingerprint density at radius 1 is 1.58 bits per heavy atom. The van der Waals surface area contributed by atoms with Crippen molar-refractivity contribution in [2.24, 2.45) is 0 Å². The first-order chi connectivity index (χ1) is 9.06. The fourth-order valence-corrected chi connectivity index (χ4v) is 2.57. The van der Waals surface area contributed by atoms with Crippen molar-refractivity contribution in [3.8, 4) is 0 Å². The second kappa shape index (κ2) is 4.65. The van der Waals surface area contributed by atoms with Gasteiger partial charge in [-0.2, -0.15) is 0 Å². The van der Waals surface area contributed by atoms with E-state index in [0.29, 0.717) is 17.0 Å². The van der Waals surface area contributed by atoms with Crippen LogP contribution in [0.4, 0.5) is 5.95 Å². The molecule has 0 aromatic carbocycles. The van der Waals surface area contributed by atoms with Crippen molar-refractivity contribution in [1.29, 1.82) is 0 Å². The van der Waals surface area contributed by atoms with Gasteiger partial charge in [0.05, 0.1) is 5.02 Å². The van der Waals surface area contributed by atoms with Crippen LogP contribution in [0.5, 0.6) is 0 Å². The van der Waals surface area contributed by atoms with E-state index in [-0.39, 0.29) is 0 Å². The molecule has 3 rings (SSSR count). The van der Waals surface area contributed by atoms with Crippen LogP contribution in [0.25, 0.3) is 11.2 Å². The van der Waals surface area contributed by atoms with Crippen molar-refractivity contribution in [3.05, 3.63) is 17.3 Å². The molecule has 2 aromatic heterocycles. The van der Waals surface area contributed by atoms with Crippen LogP contribution in [0.3, 0.4) is 0 Å². The van der Waals surface area contributed by atoms with Crippen LogP contribution in [0.2, 0.25) is 5.02 Å². The molecule has 0 spiro atoms. The molecule has 0 aliphatic heterocycles. The zero-order valence-corrected chi connectivity index (χ0v) is 11.9. The number of aromatic nitrogens is 3. The second-order valence-corrected chi connectivity index (χ2v) is 5.76. The van der Waals surface area contributed by atoms with E-state index in [1.165, 1.54) is 12.8 Å². The Bertz CT molecular complexity index is 604. The number of nitrogens with two attached hydrogens (primary N) is 1. The van der Waals surface area contributed by atoms with Crippen LogP contribution in [0, 0.1) is 0 Å². The Labute approximate surface area is 117 Å². The molecule has 5 nitrogen and oxygen atoms in total. The summed E-state index contributed by atoms with van der Waals surface area (Å²) in [5.74, 6) is 0.501. The Hall–Kier alpha value is -1.33. The van der Waals surface area contributed by atoms with E-state index in [1.54, 1.807) is 12.3 Å². The van der Waals surface area contributed by atoms with E-state index in [2.05, 4.69) is 28.8 Å². The highest BCUT2D eigenvalue weighted by atomic mass is 35.5. The minimum absolute atomic E-state index is 0.407. The number of rotatable bonds is 4. The molecular weight excluding hydrogens is 262 g/mol. The Balaban J connectivity index is 1.89. The lowest BCUT2D eigenvalue weighted by Crippen LogP contribution is -2.34. The molecule has 1 aliphatic carbocycles. The van der Waals surface area contributed by atoms with Gasteiger partial charge in [-0.15, -0.1) is 0 Å². The summed E-state index contributed by atoms with van der Waals surface area (Å²) in [5, 5.41) is 0.584. The van der Waals surface area contributed by atoms with Gasteiger partial charge in [0.15, 0.2) is 5.65 Å². The summed E-state index contributed by atoms with van der Waals surface area (Å²) in [4.78, 5) is 11.1. The number of nitrogens with zero attached hydrogens (tertiary/aromatic N) is 4. The first-order valence-corrected chi connectivity index (χ1v) is 6.93. The maximum Gasteiger partial charge on any atom is 0.202 e. The van der Waals surface area contributed by atoms with Crippen LogP contribution in [-0.2, 0) is 6.54 Å². The SMILES string of the molecule is CC(Cn1c(N)nc2cc(Cl)cnc21)N(C)C1CC1. The number of hydrogen-bond donors (Lipinski definition) is 1. The predicted molar refractivity (Wildman–Crippen MR) is 77.2 cm³/mol. The van der Waals surface area contributed by atoms with Crippen molar-refractivity contribution in [2.45, 2.75) is 38.4 Å². The molecule has 2 aromatic rings. The quantitative estimate of drug-likeness (QED) is 0.932. The summed E-state index contributed by atoms with van der Waals surface area (Å²) in [6.45, 7) is 3.00. The van der Waals surface area contributed by atoms with Gasteiger partial charge in [-0.05, 0) is 32.9 Å². The van der Waals surface area contributed by atoms with Crippen LogP contribution in [0.15, 0.2) is 12.3 Å². The van der Waals surface area contributed by atoms with E-state index in [0.717, 1.165) is 23.8 Å². The topological polar surface area (TPSA) is 60.0 Å². The summed E-state index contributed by atoms with van der Waals surface area (Å²) < 4.78 is 1.97. The zero-order chi connectivity index (χ0) is 13.6. The molecule has 0 amide bonds. The Kier molecular flexibility index (Phi) is 3.11. The van der Waals surface area contributed by atoms with E-state index in [4.69, 9.17) is 17.3 Å².